The minimum atomic E-state index is -0.725. The Morgan fingerprint density at radius 1 is 1.61 bits per heavy atom. The van der Waals surface area contributed by atoms with E-state index in [9.17, 15) is 4.79 Å². The molecule has 1 unspecified atom stereocenters. The number of aliphatic carboxylic acids is 1. The van der Waals surface area contributed by atoms with Crippen molar-refractivity contribution >= 4 is 5.97 Å². The molecule has 0 saturated carbocycles. The number of nitrogens with zero attached hydrogens (tertiary/aromatic N) is 3. The molecular weight excluding hydrogens is 232 g/mol. The second-order valence-electron chi connectivity index (χ2n) is 4.68. The molecule has 2 aromatic rings. The molecule has 6 nitrogen and oxygen atoms in total. The Kier molecular flexibility index (Phi) is 2.43. The summed E-state index contributed by atoms with van der Waals surface area (Å²) in [6, 6.07) is 0. The van der Waals surface area contributed by atoms with Gasteiger partial charge in [-0.05, 0) is 12.8 Å². The van der Waals surface area contributed by atoms with Crippen molar-refractivity contribution < 1.29 is 9.90 Å². The summed E-state index contributed by atoms with van der Waals surface area (Å²) in [6.07, 6.45) is 5.39. The normalized spacial score (nSPS) is 18.6. The Bertz CT molecular complexity index is 599. The number of aromatic amines is 1. The number of H-pyrrole nitrogens is 1. The molecule has 94 valence electrons. The lowest BCUT2D eigenvalue weighted by molar-refractivity contribution is -0.142. The largest absolute Gasteiger partial charge is 0.481 e. The number of carboxylic acid groups (broad SMARTS) is 1. The second-order valence-corrected chi connectivity index (χ2v) is 4.68. The highest BCUT2D eigenvalue weighted by Gasteiger charge is 2.27. The van der Waals surface area contributed by atoms with Gasteiger partial charge in [-0.2, -0.15) is 0 Å². The molecule has 2 N–H and O–H groups in total. The number of hydrogen-bond acceptors (Lipinski definition) is 3. The molecule has 3 rings (SSSR count). The summed E-state index contributed by atoms with van der Waals surface area (Å²) in [6.45, 7) is 0. The summed E-state index contributed by atoms with van der Waals surface area (Å²) in [5.74, 6) is -0.249. The van der Waals surface area contributed by atoms with Crippen LogP contribution < -0.4 is 0 Å². The van der Waals surface area contributed by atoms with Crippen molar-refractivity contribution in [2.75, 3.05) is 0 Å². The van der Waals surface area contributed by atoms with Gasteiger partial charge in [-0.25, -0.2) is 9.97 Å². The summed E-state index contributed by atoms with van der Waals surface area (Å²) in [5.41, 5.74) is 2.85. The van der Waals surface area contributed by atoms with Gasteiger partial charge in [0.1, 0.15) is 5.69 Å². The maximum atomic E-state index is 11.0. The van der Waals surface area contributed by atoms with Gasteiger partial charge < -0.3 is 14.7 Å². The Morgan fingerprint density at radius 2 is 2.44 bits per heavy atom. The van der Waals surface area contributed by atoms with Crippen LogP contribution in [0.3, 0.4) is 0 Å². The zero-order valence-electron chi connectivity index (χ0n) is 10.1. The Morgan fingerprint density at radius 3 is 3.11 bits per heavy atom. The van der Waals surface area contributed by atoms with E-state index >= 15 is 0 Å². The van der Waals surface area contributed by atoms with E-state index in [1.54, 1.807) is 12.5 Å². The van der Waals surface area contributed by atoms with Gasteiger partial charge in [-0.3, -0.25) is 4.79 Å². The van der Waals surface area contributed by atoms with Gasteiger partial charge in [0.05, 0.1) is 24.1 Å². The van der Waals surface area contributed by atoms with E-state index in [4.69, 9.17) is 5.11 Å². The van der Waals surface area contributed by atoms with Crippen molar-refractivity contribution in [3.8, 4) is 11.5 Å². The van der Waals surface area contributed by atoms with Gasteiger partial charge in [0.25, 0.3) is 0 Å². The smallest absolute Gasteiger partial charge is 0.306 e. The third-order valence-electron chi connectivity index (χ3n) is 3.45. The highest BCUT2D eigenvalue weighted by Crippen LogP contribution is 2.26. The second kappa shape index (κ2) is 3.97. The first-order valence-corrected chi connectivity index (χ1v) is 5.92. The molecule has 0 aromatic carbocycles. The molecule has 0 aliphatic heterocycles. The van der Waals surface area contributed by atoms with Crippen molar-refractivity contribution in [3.63, 3.8) is 0 Å². The van der Waals surface area contributed by atoms with Gasteiger partial charge in [0, 0.05) is 19.2 Å². The summed E-state index contributed by atoms with van der Waals surface area (Å²) < 4.78 is 1.89. The first-order chi connectivity index (χ1) is 8.65. The first kappa shape index (κ1) is 11.0. The van der Waals surface area contributed by atoms with E-state index in [0.717, 1.165) is 29.3 Å². The fourth-order valence-electron chi connectivity index (χ4n) is 2.40. The number of aromatic nitrogens is 4. The summed E-state index contributed by atoms with van der Waals surface area (Å²) in [4.78, 5) is 22.8. The van der Waals surface area contributed by atoms with Crippen molar-refractivity contribution in [2.45, 2.75) is 19.3 Å². The van der Waals surface area contributed by atoms with Gasteiger partial charge in [-0.1, -0.05) is 0 Å². The molecule has 0 bridgehead atoms. The fourth-order valence-corrected chi connectivity index (χ4v) is 2.40. The Balaban J connectivity index is 1.94. The molecule has 2 aromatic heterocycles. The predicted molar refractivity (Wildman–Crippen MR) is 63.9 cm³/mol. The number of fused-ring (bicyclic) bond motifs is 1. The van der Waals surface area contributed by atoms with Gasteiger partial charge >= 0.3 is 5.97 Å². The summed E-state index contributed by atoms with van der Waals surface area (Å²) in [5, 5.41) is 9.05. The maximum absolute atomic E-state index is 11.0. The van der Waals surface area contributed by atoms with Crippen molar-refractivity contribution in [1.29, 1.82) is 0 Å². The van der Waals surface area contributed by atoms with E-state index in [1.807, 2.05) is 11.6 Å². The van der Waals surface area contributed by atoms with Crippen LogP contribution >= 0.6 is 0 Å². The molecule has 0 radical (unpaired) electrons. The minimum Gasteiger partial charge on any atom is -0.481 e. The molecule has 0 saturated heterocycles. The van der Waals surface area contributed by atoms with Crippen molar-refractivity contribution in [3.05, 3.63) is 23.9 Å². The fraction of sp³-hybridized carbons (Fsp3) is 0.417. The third kappa shape index (κ3) is 1.70. The monoisotopic (exact) mass is 246 g/mol. The van der Waals surface area contributed by atoms with Gasteiger partial charge in [0.15, 0.2) is 5.82 Å². The average molecular weight is 246 g/mol. The Hall–Kier alpha value is -2.11. The van der Waals surface area contributed by atoms with Crippen LogP contribution in [-0.2, 0) is 24.7 Å². The number of imidazole rings is 2. The number of carbonyl (C=O) groups is 1. The molecule has 1 atom stereocenters. The van der Waals surface area contributed by atoms with E-state index < -0.39 is 5.97 Å². The van der Waals surface area contributed by atoms with Crippen LogP contribution in [0.25, 0.3) is 11.5 Å². The first-order valence-electron chi connectivity index (χ1n) is 5.92. The molecule has 18 heavy (non-hydrogen) atoms. The minimum absolute atomic E-state index is 0.294. The average Bonchev–Trinajstić information content (AvgIpc) is 2.92. The zero-order valence-corrected chi connectivity index (χ0v) is 10.1. The number of carboxylic acids is 1. The van der Waals surface area contributed by atoms with Crippen LogP contribution in [0, 0.1) is 5.92 Å². The van der Waals surface area contributed by atoms with E-state index in [0.29, 0.717) is 12.8 Å². The van der Waals surface area contributed by atoms with Crippen LogP contribution in [0.5, 0.6) is 0 Å². The molecule has 6 heteroatoms. The molecule has 0 fully saturated rings. The van der Waals surface area contributed by atoms with Crippen LogP contribution in [0.1, 0.15) is 17.8 Å². The predicted octanol–water partition coefficient (Wildman–Crippen LogP) is 1.000. The van der Waals surface area contributed by atoms with Crippen LogP contribution in [0.4, 0.5) is 0 Å². The zero-order chi connectivity index (χ0) is 12.7. The van der Waals surface area contributed by atoms with Crippen molar-refractivity contribution in [1.82, 2.24) is 19.5 Å². The quantitative estimate of drug-likeness (QED) is 0.828. The number of rotatable bonds is 2. The van der Waals surface area contributed by atoms with E-state index in [-0.39, 0.29) is 5.92 Å². The molecule has 1 aliphatic rings. The topological polar surface area (TPSA) is 83.8 Å². The molecular formula is C12H14N4O2. The molecule has 0 amide bonds. The van der Waals surface area contributed by atoms with Crippen LogP contribution in [0.15, 0.2) is 12.5 Å². The highest BCUT2D eigenvalue weighted by molar-refractivity contribution is 5.71. The lowest BCUT2D eigenvalue weighted by Crippen LogP contribution is -2.22. The molecule has 2 heterocycles. The number of hydrogen-bond donors (Lipinski definition) is 2. The Labute approximate surface area is 104 Å². The molecule has 0 spiro atoms. The number of aryl methyl sites for hydroxylation is 2. The van der Waals surface area contributed by atoms with Gasteiger partial charge in [0.2, 0.25) is 0 Å². The lowest BCUT2D eigenvalue weighted by atomic mass is 9.90. The highest BCUT2D eigenvalue weighted by atomic mass is 16.4. The van der Waals surface area contributed by atoms with Crippen LogP contribution in [0.2, 0.25) is 0 Å². The van der Waals surface area contributed by atoms with E-state index in [1.165, 1.54) is 0 Å². The van der Waals surface area contributed by atoms with Crippen molar-refractivity contribution in [2.24, 2.45) is 13.0 Å². The third-order valence-corrected chi connectivity index (χ3v) is 3.45. The maximum Gasteiger partial charge on any atom is 0.306 e. The number of nitrogens with one attached hydrogen (secondary N) is 1. The lowest BCUT2D eigenvalue weighted by Gasteiger charge is -2.16. The van der Waals surface area contributed by atoms with Gasteiger partial charge in [-0.15, -0.1) is 0 Å². The summed E-state index contributed by atoms with van der Waals surface area (Å²) in [7, 11) is 1.91. The van der Waals surface area contributed by atoms with Crippen LogP contribution in [-0.4, -0.2) is 30.6 Å². The standard InChI is InChI=1S/C12H14N4O2/c1-16-6-13-5-10(16)11-14-8-3-2-7(12(17)18)4-9(8)15-11/h5-7H,2-4H2,1H3,(H,14,15)(H,17,18). The summed E-state index contributed by atoms with van der Waals surface area (Å²) >= 11 is 0. The SMILES string of the molecule is Cn1cncc1-c1nc2c([nH]1)CC(C(=O)O)CC2. The molecule has 1 aliphatic carbocycles. The van der Waals surface area contributed by atoms with E-state index in [2.05, 4.69) is 15.0 Å².